The summed E-state index contributed by atoms with van der Waals surface area (Å²) in [6, 6.07) is 0. The van der Waals surface area contributed by atoms with Crippen LogP contribution in [0.4, 0.5) is 0 Å². The second-order valence-corrected chi connectivity index (χ2v) is 2.57. The number of hydrogen-bond acceptors (Lipinski definition) is 4. The summed E-state index contributed by atoms with van der Waals surface area (Å²) in [6.45, 7) is 2.38. The van der Waals surface area contributed by atoms with E-state index < -0.39 is 0 Å². The minimum atomic E-state index is -0.215. The van der Waals surface area contributed by atoms with Gasteiger partial charge in [0.2, 0.25) is 5.91 Å². The van der Waals surface area contributed by atoms with Crippen molar-refractivity contribution < 1.29 is 14.6 Å². The van der Waals surface area contributed by atoms with Crippen LogP contribution in [0.25, 0.3) is 0 Å². The Bertz CT molecular complexity index is 182. The molecule has 0 radical (unpaired) electrons. The van der Waals surface area contributed by atoms with Gasteiger partial charge in [0, 0.05) is 13.6 Å². The molecule has 0 aliphatic carbocycles. The molecule has 0 bridgehead atoms. The van der Waals surface area contributed by atoms with Crippen LogP contribution in [0.2, 0.25) is 0 Å². The Labute approximate surface area is 77.8 Å². The first-order chi connectivity index (χ1) is 6.11. The van der Waals surface area contributed by atoms with Gasteiger partial charge in [-0.2, -0.15) is 0 Å². The van der Waals surface area contributed by atoms with E-state index in [-0.39, 0.29) is 31.4 Å². The van der Waals surface area contributed by atoms with E-state index in [0.717, 1.165) is 0 Å². The molecule has 0 aliphatic heterocycles. The Balaban J connectivity index is 3.78. The van der Waals surface area contributed by atoms with Gasteiger partial charge in [0.25, 0.3) is 0 Å². The highest BCUT2D eigenvalue weighted by Crippen LogP contribution is 1.93. The number of nitrogens with one attached hydrogen (secondary N) is 1. The lowest BCUT2D eigenvalue weighted by Gasteiger charge is -2.15. The van der Waals surface area contributed by atoms with E-state index in [0.29, 0.717) is 6.61 Å². The second-order valence-electron chi connectivity index (χ2n) is 2.57. The molecule has 13 heavy (non-hydrogen) atoms. The topological polar surface area (TPSA) is 73.6 Å². The minimum absolute atomic E-state index is 0.0303. The molecule has 0 aliphatic rings. The first kappa shape index (κ1) is 11.9. The molecule has 0 aromatic rings. The Morgan fingerprint density at radius 1 is 1.62 bits per heavy atom. The molecule has 0 fully saturated rings. The van der Waals surface area contributed by atoms with Crippen molar-refractivity contribution in [3.8, 4) is 0 Å². The third kappa shape index (κ3) is 5.19. The zero-order valence-electron chi connectivity index (χ0n) is 8.04. The highest BCUT2D eigenvalue weighted by Gasteiger charge is 2.11. The molecule has 0 saturated heterocycles. The summed E-state index contributed by atoms with van der Waals surface area (Å²) < 4.78 is 4.81. The van der Waals surface area contributed by atoms with Gasteiger partial charge in [-0.3, -0.25) is 10.2 Å². The number of hydrogen-bond donors (Lipinski definition) is 2. The molecule has 0 aromatic carbocycles. The molecule has 0 unspecified atom stereocenters. The van der Waals surface area contributed by atoms with Crippen molar-refractivity contribution >= 4 is 11.8 Å². The number of rotatable bonds is 5. The predicted molar refractivity (Wildman–Crippen MR) is 48.7 cm³/mol. The molecule has 0 rings (SSSR count). The van der Waals surface area contributed by atoms with Crippen LogP contribution in [0, 0.1) is 5.41 Å². The molecule has 1 amide bonds. The molecular formula is C8H16N2O3. The minimum Gasteiger partial charge on any atom is -0.481 e. The Hall–Kier alpha value is -1.10. The standard InChI is InChI=1S/C8H16N2O3/c1-3-13-7(9)6-8(12)10(2)4-5-11/h9,11H,3-6H2,1-2H3. The molecule has 0 atom stereocenters. The maximum Gasteiger partial charge on any atom is 0.231 e. The lowest BCUT2D eigenvalue weighted by molar-refractivity contribution is -0.129. The van der Waals surface area contributed by atoms with Crippen LogP contribution in [0.5, 0.6) is 0 Å². The van der Waals surface area contributed by atoms with Crippen molar-refractivity contribution in [2.75, 3.05) is 26.8 Å². The van der Waals surface area contributed by atoms with E-state index in [1.54, 1.807) is 14.0 Å². The smallest absolute Gasteiger partial charge is 0.231 e. The van der Waals surface area contributed by atoms with E-state index in [9.17, 15) is 4.79 Å². The number of ether oxygens (including phenoxy) is 1. The highest BCUT2D eigenvalue weighted by molar-refractivity contribution is 5.95. The average Bonchev–Trinajstić information content (AvgIpc) is 2.05. The highest BCUT2D eigenvalue weighted by atomic mass is 16.5. The molecule has 0 aromatic heterocycles. The summed E-state index contributed by atoms with van der Waals surface area (Å²) in [5.41, 5.74) is 0. The lowest BCUT2D eigenvalue weighted by Crippen LogP contribution is -2.31. The average molecular weight is 188 g/mol. The summed E-state index contributed by atoms with van der Waals surface area (Å²) in [6.07, 6.45) is -0.0374. The first-order valence-corrected chi connectivity index (χ1v) is 4.16. The van der Waals surface area contributed by atoms with Crippen LogP contribution in [0.1, 0.15) is 13.3 Å². The molecular weight excluding hydrogens is 172 g/mol. The zero-order chi connectivity index (χ0) is 10.3. The van der Waals surface area contributed by atoms with E-state index in [2.05, 4.69) is 0 Å². The van der Waals surface area contributed by atoms with Gasteiger partial charge in [0.05, 0.1) is 13.2 Å². The maximum absolute atomic E-state index is 11.2. The fraction of sp³-hybridized carbons (Fsp3) is 0.750. The van der Waals surface area contributed by atoms with E-state index in [4.69, 9.17) is 15.3 Å². The number of aliphatic hydroxyl groups is 1. The van der Waals surface area contributed by atoms with Gasteiger partial charge >= 0.3 is 0 Å². The van der Waals surface area contributed by atoms with Crippen LogP contribution in [0.3, 0.4) is 0 Å². The normalized spacial score (nSPS) is 9.46. The second kappa shape index (κ2) is 6.42. The van der Waals surface area contributed by atoms with E-state index >= 15 is 0 Å². The first-order valence-electron chi connectivity index (χ1n) is 4.16. The summed E-state index contributed by atoms with van der Waals surface area (Å²) in [7, 11) is 1.58. The molecule has 76 valence electrons. The van der Waals surface area contributed by atoms with Crippen molar-refractivity contribution in [2.24, 2.45) is 0 Å². The third-order valence-electron chi connectivity index (χ3n) is 1.49. The Morgan fingerprint density at radius 3 is 2.69 bits per heavy atom. The summed E-state index contributed by atoms with van der Waals surface area (Å²) in [4.78, 5) is 12.6. The van der Waals surface area contributed by atoms with Crippen LogP contribution >= 0.6 is 0 Å². The molecule has 5 heteroatoms. The van der Waals surface area contributed by atoms with Crippen LogP contribution in [-0.2, 0) is 9.53 Å². The number of aliphatic hydroxyl groups excluding tert-OH is 1. The predicted octanol–water partition coefficient (Wildman–Crippen LogP) is -0.159. The molecule has 2 N–H and O–H groups in total. The van der Waals surface area contributed by atoms with Crippen molar-refractivity contribution in [1.29, 1.82) is 5.41 Å². The van der Waals surface area contributed by atoms with Gasteiger partial charge in [-0.25, -0.2) is 0 Å². The van der Waals surface area contributed by atoms with Gasteiger partial charge in [-0.05, 0) is 6.92 Å². The molecule has 0 heterocycles. The lowest BCUT2D eigenvalue weighted by atomic mass is 10.3. The van der Waals surface area contributed by atoms with E-state index in [1.165, 1.54) is 4.90 Å². The Kier molecular flexibility index (Phi) is 5.88. The molecule has 0 saturated carbocycles. The van der Waals surface area contributed by atoms with Crippen molar-refractivity contribution in [3.63, 3.8) is 0 Å². The number of carbonyl (C=O) groups excluding carboxylic acids is 1. The number of amides is 1. The number of nitrogens with zero attached hydrogens (tertiary/aromatic N) is 1. The fourth-order valence-corrected chi connectivity index (χ4v) is 0.772. The SMILES string of the molecule is CCOC(=N)CC(=O)N(C)CCO. The van der Waals surface area contributed by atoms with Gasteiger partial charge < -0.3 is 14.7 Å². The Morgan fingerprint density at radius 2 is 2.23 bits per heavy atom. The van der Waals surface area contributed by atoms with Gasteiger partial charge in [-0.1, -0.05) is 0 Å². The summed E-state index contributed by atoms with van der Waals surface area (Å²) in [5.74, 6) is -0.246. The fourth-order valence-electron chi connectivity index (χ4n) is 0.772. The van der Waals surface area contributed by atoms with Crippen LogP contribution in [0.15, 0.2) is 0 Å². The number of likely N-dealkylation sites (N-methyl/N-ethyl adjacent to an activating group) is 1. The van der Waals surface area contributed by atoms with Crippen LogP contribution in [-0.4, -0.2) is 48.6 Å². The van der Waals surface area contributed by atoms with Gasteiger partial charge in [0.15, 0.2) is 5.90 Å². The summed E-state index contributed by atoms with van der Waals surface area (Å²) in [5, 5.41) is 15.8. The van der Waals surface area contributed by atoms with Crippen molar-refractivity contribution in [3.05, 3.63) is 0 Å². The third-order valence-corrected chi connectivity index (χ3v) is 1.49. The number of carbonyl (C=O) groups is 1. The molecule has 5 nitrogen and oxygen atoms in total. The largest absolute Gasteiger partial charge is 0.481 e. The van der Waals surface area contributed by atoms with Gasteiger partial charge in [-0.15, -0.1) is 0 Å². The molecule has 0 spiro atoms. The quantitative estimate of drug-likeness (QED) is 0.465. The van der Waals surface area contributed by atoms with Crippen LogP contribution < -0.4 is 0 Å². The van der Waals surface area contributed by atoms with Crippen molar-refractivity contribution in [1.82, 2.24) is 4.90 Å². The zero-order valence-corrected chi connectivity index (χ0v) is 8.04. The van der Waals surface area contributed by atoms with Gasteiger partial charge in [0.1, 0.15) is 6.42 Å². The monoisotopic (exact) mass is 188 g/mol. The summed E-state index contributed by atoms with van der Waals surface area (Å²) >= 11 is 0. The maximum atomic E-state index is 11.2. The van der Waals surface area contributed by atoms with E-state index in [1.807, 2.05) is 0 Å². The van der Waals surface area contributed by atoms with Crippen molar-refractivity contribution in [2.45, 2.75) is 13.3 Å².